The van der Waals surface area contributed by atoms with Crippen LogP contribution in [0, 0.1) is 0 Å². The molecule has 2 rings (SSSR count). The number of morpholine rings is 2. The summed E-state index contributed by atoms with van der Waals surface area (Å²) in [6.07, 6.45) is -0.303. The Hall–Kier alpha value is -0.240. The highest BCUT2D eigenvalue weighted by Gasteiger charge is 2.30. The van der Waals surface area contributed by atoms with Crippen LogP contribution in [0.15, 0.2) is 0 Å². The van der Waals surface area contributed by atoms with E-state index in [9.17, 15) is 5.11 Å². The van der Waals surface area contributed by atoms with Gasteiger partial charge in [-0.25, -0.2) is 0 Å². The first-order valence-electron chi connectivity index (χ1n) is 9.39. The molecule has 5 atom stereocenters. The average Bonchev–Trinajstić information content (AvgIpc) is 2.59. The standard InChI is InChI=1S/C18H36N2O4/c1-13(2)19-6-8-23-18(11-19)16(5)24-12-14(3)20-7-9-22-17(10-20)15(4)21/h13-18,21H,6-12H2,1-5H3/t14?,15-,16-,17+,18-/m0/s1. The lowest BCUT2D eigenvalue weighted by Crippen LogP contribution is -2.52. The van der Waals surface area contributed by atoms with Crippen molar-refractivity contribution in [3.05, 3.63) is 0 Å². The van der Waals surface area contributed by atoms with Crippen molar-refractivity contribution in [1.29, 1.82) is 0 Å². The van der Waals surface area contributed by atoms with E-state index in [1.54, 1.807) is 6.92 Å². The molecular weight excluding hydrogens is 308 g/mol. The fourth-order valence-corrected chi connectivity index (χ4v) is 3.34. The van der Waals surface area contributed by atoms with Crippen LogP contribution in [-0.2, 0) is 14.2 Å². The summed E-state index contributed by atoms with van der Waals surface area (Å²) in [5.74, 6) is 0. The Kier molecular flexibility index (Phi) is 7.91. The summed E-state index contributed by atoms with van der Waals surface area (Å²) in [6, 6.07) is 0.857. The van der Waals surface area contributed by atoms with Gasteiger partial charge < -0.3 is 19.3 Å². The van der Waals surface area contributed by atoms with Crippen molar-refractivity contribution >= 4 is 0 Å². The molecular formula is C18H36N2O4. The first kappa shape index (κ1) is 20.1. The minimum absolute atomic E-state index is 0.0857. The summed E-state index contributed by atoms with van der Waals surface area (Å²) < 4.78 is 17.7. The summed E-state index contributed by atoms with van der Waals surface area (Å²) in [5.41, 5.74) is 0. The van der Waals surface area contributed by atoms with E-state index in [-0.39, 0.29) is 18.3 Å². The summed E-state index contributed by atoms with van der Waals surface area (Å²) in [4.78, 5) is 4.79. The highest BCUT2D eigenvalue weighted by Crippen LogP contribution is 2.16. The Labute approximate surface area is 147 Å². The Bertz CT molecular complexity index is 333. The van der Waals surface area contributed by atoms with Crippen LogP contribution in [0.2, 0.25) is 0 Å². The molecule has 1 unspecified atom stereocenters. The van der Waals surface area contributed by atoms with Crippen molar-refractivity contribution in [1.82, 2.24) is 9.80 Å². The maximum absolute atomic E-state index is 9.73. The third kappa shape index (κ3) is 5.64. The second-order valence-electron chi connectivity index (χ2n) is 7.53. The number of aliphatic hydroxyl groups excluding tert-OH is 1. The molecule has 0 aromatic rings. The van der Waals surface area contributed by atoms with Crippen molar-refractivity contribution in [3.63, 3.8) is 0 Å². The van der Waals surface area contributed by atoms with Gasteiger partial charge in [0.1, 0.15) is 0 Å². The van der Waals surface area contributed by atoms with Crippen LogP contribution < -0.4 is 0 Å². The zero-order chi connectivity index (χ0) is 17.7. The lowest BCUT2D eigenvalue weighted by molar-refractivity contribution is -0.127. The monoisotopic (exact) mass is 344 g/mol. The van der Waals surface area contributed by atoms with Crippen LogP contribution >= 0.6 is 0 Å². The molecule has 2 aliphatic heterocycles. The topological polar surface area (TPSA) is 54.4 Å². The number of nitrogens with zero attached hydrogens (tertiary/aromatic N) is 2. The second kappa shape index (κ2) is 9.46. The average molecular weight is 344 g/mol. The number of aliphatic hydroxyl groups is 1. The highest BCUT2D eigenvalue weighted by atomic mass is 16.5. The molecule has 0 saturated carbocycles. The molecule has 6 heteroatoms. The largest absolute Gasteiger partial charge is 0.391 e. The molecule has 2 aliphatic rings. The fourth-order valence-electron chi connectivity index (χ4n) is 3.34. The number of rotatable bonds is 7. The molecule has 0 spiro atoms. The molecule has 0 aliphatic carbocycles. The zero-order valence-corrected chi connectivity index (χ0v) is 16.0. The van der Waals surface area contributed by atoms with Gasteiger partial charge >= 0.3 is 0 Å². The van der Waals surface area contributed by atoms with Crippen LogP contribution in [0.25, 0.3) is 0 Å². The lowest BCUT2D eigenvalue weighted by atomic mass is 10.1. The molecule has 142 valence electrons. The lowest BCUT2D eigenvalue weighted by Gasteiger charge is -2.40. The Morgan fingerprint density at radius 1 is 0.958 bits per heavy atom. The minimum Gasteiger partial charge on any atom is -0.391 e. The fraction of sp³-hybridized carbons (Fsp3) is 1.00. The summed E-state index contributed by atoms with van der Waals surface area (Å²) >= 11 is 0. The van der Waals surface area contributed by atoms with Crippen LogP contribution in [0.4, 0.5) is 0 Å². The van der Waals surface area contributed by atoms with E-state index in [4.69, 9.17) is 14.2 Å². The van der Waals surface area contributed by atoms with Gasteiger partial charge in [0.15, 0.2) is 0 Å². The van der Waals surface area contributed by atoms with Gasteiger partial charge in [-0.3, -0.25) is 9.80 Å². The van der Waals surface area contributed by atoms with Crippen molar-refractivity contribution in [2.45, 2.75) is 71.1 Å². The van der Waals surface area contributed by atoms with Gasteiger partial charge in [0.25, 0.3) is 0 Å². The molecule has 0 radical (unpaired) electrons. The van der Waals surface area contributed by atoms with Gasteiger partial charge in [-0.05, 0) is 34.6 Å². The summed E-state index contributed by atoms with van der Waals surface area (Å²) in [6.45, 7) is 16.3. The van der Waals surface area contributed by atoms with E-state index < -0.39 is 6.10 Å². The van der Waals surface area contributed by atoms with Gasteiger partial charge in [0, 0.05) is 38.3 Å². The van der Waals surface area contributed by atoms with Crippen LogP contribution in [-0.4, -0.2) is 97.4 Å². The SMILES string of the molecule is CC(C)N1CCO[C@H]([C@H](C)OCC(C)N2CCO[C@@H]([C@H](C)O)C2)C1. The highest BCUT2D eigenvalue weighted by molar-refractivity contribution is 4.81. The Morgan fingerprint density at radius 3 is 2.17 bits per heavy atom. The normalized spacial score (nSPS) is 31.1. The van der Waals surface area contributed by atoms with E-state index in [0.717, 1.165) is 32.8 Å². The third-order valence-corrected chi connectivity index (χ3v) is 5.27. The first-order valence-corrected chi connectivity index (χ1v) is 9.39. The van der Waals surface area contributed by atoms with Gasteiger partial charge in [-0.15, -0.1) is 0 Å². The number of hydrogen-bond donors (Lipinski definition) is 1. The third-order valence-electron chi connectivity index (χ3n) is 5.27. The van der Waals surface area contributed by atoms with Crippen molar-refractivity contribution in [2.24, 2.45) is 0 Å². The van der Waals surface area contributed by atoms with Crippen molar-refractivity contribution in [3.8, 4) is 0 Å². The molecule has 24 heavy (non-hydrogen) atoms. The Balaban J connectivity index is 1.75. The predicted octanol–water partition coefficient (Wildman–Crippen LogP) is 0.971. The van der Waals surface area contributed by atoms with E-state index in [1.165, 1.54) is 0 Å². The van der Waals surface area contributed by atoms with Crippen LogP contribution in [0.5, 0.6) is 0 Å². The molecule has 2 heterocycles. The van der Waals surface area contributed by atoms with E-state index in [2.05, 4.69) is 37.5 Å². The van der Waals surface area contributed by atoms with Gasteiger partial charge in [-0.1, -0.05) is 0 Å². The quantitative estimate of drug-likeness (QED) is 0.743. The predicted molar refractivity (Wildman–Crippen MR) is 94.3 cm³/mol. The second-order valence-corrected chi connectivity index (χ2v) is 7.53. The van der Waals surface area contributed by atoms with Crippen molar-refractivity contribution < 1.29 is 19.3 Å². The maximum Gasteiger partial charge on any atom is 0.0961 e. The van der Waals surface area contributed by atoms with Crippen LogP contribution in [0.1, 0.15) is 34.6 Å². The zero-order valence-electron chi connectivity index (χ0n) is 16.0. The van der Waals surface area contributed by atoms with Gasteiger partial charge in [-0.2, -0.15) is 0 Å². The molecule has 0 aromatic carbocycles. The first-order chi connectivity index (χ1) is 11.4. The molecule has 0 aromatic heterocycles. The van der Waals surface area contributed by atoms with E-state index >= 15 is 0 Å². The molecule has 0 amide bonds. The molecule has 2 saturated heterocycles. The molecule has 2 fully saturated rings. The van der Waals surface area contributed by atoms with E-state index in [0.29, 0.717) is 25.3 Å². The number of hydrogen-bond acceptors (Lipinski definition) is 6. The number of ether oxygens (including phenoxy) is 3. The molecule has 0 bridgehead atoms. The van der Waals surface area contributed by atoms with Gasteiger partial charge in [0.2, 0.25) is 0 Å². The molecule has 1 N–H and O–H groups in total. The molecule has 6 nitrogen and oxygen atoms in total. The van der Waals surface area contributed by atoms with Crippen LogP contribution in [0.3, 0.4) is 0 Å². The smallest absolute Gasteiger partial charge is 0.0961 e. The summed E-state index contributed by atoms with van der Waals surface area (Å²) in [5, 5.41) is 9.73. The summed E-state index contributed by atoms with van der Waals surface area (Å²) in [7, 11) is 0. The van der Waals surface area contributed by atoms with Gasteiger partial charge in [0.05, 0.1) is 44.2 Å². The van der Waals surface area contributed by atoms with Crippen molar-refractivity contribution in [2.75, 3.05) is 46.0 Å². The minimum atomic E-state index is -0.433. The Morgan fingerprint density at radius 2 is 1.54 bits per heavy atom. The van der Waals surface area contributed by atoms with E-state index in [1.807, 2.05) is 0 Å². The maximum atomic E-state index is 9.73.